The summed E-state index contributed by atoms with van der Waals surface area (Å²) >= 11 is 1.45. The first-order valence-corrected chi connectivity index (χ1v) is 10.5. The summed E-state index contributed by atoms with van der Waals surface area (Å²) in [6.45, 7) is 3.02. The van der Waals surface area contributed by atoms with Crippen molar-refractivity contribution in [2.75, 3.05) is 11.9 Å². The molecular formula is C22H24F3NS. The molecule has 2 aromatic rings. The summed E-state index contributed by atoms with van der Waals surface area (Å²) in [5.41, 5.74) is 2.27. The van der Waals surface area contributed by atoms with Crippen LogP contribution in [0.15, 0.2) is 46.2 Å². The second-order valence-corrected chi connectivity index (χ2v) is 8.99. The number of hydrogen-bond donors (Lipinski definition) is 1. The van der Waals surface area contributed by atoms with Crippen molar-refractivity contribution in [3.63, 3.8) is 0 Å². The molecule has 1 N–H and O–H groups in total. The van der Waals surface area contributed by atoms with Crippen molar-refractivity contribution in [1.82, 2.24) is 0 Å². The molecule has 1 aliphatic heterocycles. The lowest BCUT2D eigenvalue weighted by molar-refractivity contribution is -0.137. The molecule has 1 nitrogen and oxygen atoms in total. The average molecular weight is 392 g/mol. The van der Waals surface area contributed by atoms with Crippen molar-refractivity contribution in [3.05, 3.63) is 53.1 Å². The molecule has 2 aromatic carbocycles. The van der Waals surface area contributed by atoms with Gasteiger partial charge >= 0.3 is 6.18 Å². The van der Waals surface area contributed by atoms with Crippen LogP contribution in [0.3, 0.4) is 0 Å². The summed E-state index contributed by atoms with van der Waals surface area (Å²) in [6.07, 6.45) is 1.16. The lowest BCUT2D eigenvalue weighted by Crippen LogP contribution is -2.22. The molecule has 144 valence electrons. The van der Waals surface area contributed by atoms with Gasteiger partial charge in [-0.3, -0.25) is 0 Å². The number of alkyl halides is 3. The van der Waals surface area contributed by atoms with E-state index < -0.39 is 11.7 Å². The molecule has 0 radical (unpaired) electrons. The maximum absolute atomic E-state index is 13.4. The van der Waals surface area contributed by atoms with Crippen LogP contribution in [0.1, 0.15) is 49.3 Å². The van der Waals surface area contributed by atoms with Gasteiger partial charge < -0.3 is 5.32 Å². The Kier molecular flexibility index (Phi) is 5.15. The molecule has 0 unspecified atom stereocenters. The van der Waals surface area contributed by atoms with E-state index in [0.29, 0.717) is 23.9 Å². The third kappa shape index (κ3) is 4.13. The smallest absolute Gasteiger partial charge is 0.384 e. The topological polar surface area (TPSA) is 12.0 Å². The van der Waals surface area contributed by atoms with Crippen LogP contribution >= 0.6 is 11.8 Å². The predicted molar refractivity (Wildman–Crippen MR) is 104 cm³/mol. The number of anilines is 1. The summed E-state index contributed by atoms with van der Waals surface area (Å²) in [7, 11) is 0. The predicted octanol–water partition coefficient (Wildman–Crippen LogP) is 7.00. The van der Waals surface area contributed by atoms with E-state index >= 15 is 0 Å². The highest BCUT2D eigenvalue weighted by Crippen LogP contribution is 2.45. The summed E-state index contributed by atoms with van der Waals surface area (Å²) in [5.74, 6) is 1.26. The van der Waals surface area contributed by atoms with Crippen LogP contribution < -0.4 is 5.32 Å². The highest BCUT2D eigenvalue weighted by Gasteiger charge is 2.33. The Bertz CT molecular complexity index is 831. The van der Waals surface area contributed by atoms with Crippen LogP contribution in [0.25, 0.3) is 0 Å². The lowest BCUT2D eigenvalue weighted by Gasteiger charge is -2.29. The molecule has 0 aromatic heterocycles. The summed E-state index contributed by atoms with van der Waals surface area (Å²) in [6, 6.07) is 10.6. The maximum atomic E-state index is 13.4. The highest BCUT2D eigenvalue weighted by atomic mass is 32.2. The van der Waals surface area contributed by atoms with Crippen LogP contribution in [-0.4, -0.2) is 6.54 Å². The second kappa shape index (κ2) is 7.42. The van der Waals surface area contributed by atoms with Gasteiger partial charge in [-0.25, -0.2) is 0 Å². The normalized spacial score (nSPS) is 22.1. The largest absolute Gasteiger partial charge is 0.416 e. The van der Waals surface area contributed by atoms with Gasteiger partial charge in [0.15, 0.2) is 0 Å². The van der Waals surface area contributed by atoms with E-state index in [1.165, 1.54) is 42.3 Å². The third-order valence-corrected chi connectivity index (χ3v) is 6.92. The molecule has 0 bridgehead atoms. The minimum absolute atomic E-state index is 0.544. The van der Waals surface area contributed by atoms with E-state index in [-0.39, 0.29) is 0 Å². The molecule has 1 heterocycles. The Morgan fingerprint density at radius 1 is 1.11 bits per heavy atom. The van der Waals surface area contributed by atoms with Gasteiger partial charge in [0.05, 0.1) is 5.56 Å². The molecule has 1 aliphatic carbocycles. The van der Waals surface area contributed by atoms with E-state index in [4.69, 9.17) is 0 Å². The molecule has 0 spiro atoms. The highest BCUT2D eigenvalue weighted by molar-refractivity contribution is 7.99. The van der Waals surface area contributed by atoms with Crippen molar-refractivity contribution in [2.24, 2.45) is 11.8 Å². The van der Waals surface area contributed by atoms with E-state index in [1.54, 1.807) is 0 Å². The molecule has 5 heteroatoms. The van der Waals surface area contributed by atoms with Crippen LogP contribution in [0.2, 0.25) is 0 Å². The Balaban J connectivity index is 1.63. The molecule has 0 saturated heterocycles. The van der Waals surface area contributed by atoms with Gasteiger partial charge in [0.25, 0.3) is 0 Å². The van der Waals surface area contributed by atoms with Crippen molar-refractivity contribution >= 4 is 17.4 Å². The quantitative estimate of drug-likeness (QED) is 0.516. The Morgan fingerprint density at radius 2 is 1.93 bits per heavy atom. The first-order chi connectivity index (χ1) is 12.9. The van der Waals surface area contributed by atoms with Gasteiger partial charge in [-0.2, -0.15) is 13.2 Å². The first-order valence-electron chi connectivity index (χ1n) is 9.64. The number of nitrogens with one attached hydrogen (secondary N) is 1. The summed E-state index contributed by atoms with van der Waals surface area (Å²) in [5, 5.41) is 3.39. The summed E-state index contributed by atoms with van der Waals surface area (Å²) in [4.78, 5) is 1.78. The zero-order valence-electron chi connectivity index (χ0n) is 15.4. The van der Waals surface area contributed by atoms with Gasteiger partial charge in [-0.15, -0.1) is 0 Å². The van der Waals surface area contributed by atoms with E-state index in [2.05, 4.69) is 18.3 Å². The number of hydrogen-bond acceptors (Lipinski definition) is 2. The molecule has 1 fully saturated rings. The van der Waals surface area contributed by atoms with Crippen LogP contribution in [0.5, 0.6) is 0 Å². The van der Waals surface area contributed by atoms with Crippen molar-refractivity contribution in [2.45, 2.75) is 55.0 Å². The Morgan fingerprint density at radius 3 is 2.70 bits per heavy atom. The van der Waals surface area contributed by atoms with E-state index in [1.807, 2.05) is 18.2 Å². The van der Waals surface area contributed by atoms with Gasteiger partial charge in [0.1, 0.15) is 0 Å². The molecular weight excluding hydrogens is 367 g/mol. The Hall–Kier alpha value is -1.62. The Labute approximate surface area is 162 Å². The number of fused-ring (bicyclic) bond motifs is 2. The van der Waals surface area contributed by atoms with Crippen molar-refractivity contribution in [1.29, 1.82) is 0 Å². The zero-order chi connectivity index (χ0) is 19.0. The SMILES string of the molecule is C[C@@H]1CCC[C@@H](CNc2cc(C(F)(F)F)cc3c2Cc2ccccc2S3)C1. The van der Waals surface area contributed by atoms with Crippen LogP contribution in [-0.2, 0) is 12.6 Å². The van der Waals surface area contributed by atoms with Crippen molar-refractivity contribution in [3.8, 4) is 0 Å². The van der Waals surface area contributed by atoms with Gasteiger partial charge in [-0.1, -0.05) is 49.7 Å². The van der Waals surface area contributed by atoms with Gasteiger partial charge in [0.2, 0.25) is 0 Å². The van der Waals surface area contributed by atoms with Crippen molar-refractivity contribution < 1.29 is 13.2 Å². The van der Waals surface area contributed by atoms with Gasteiger partial charge in [0, 0.05) is 28.4 Å². The average Bonchev–Trinajstić information content (AvgIpc) is 2.63. The standard InChI is InChI=1S/C22H24F3NS/c1-14-5-4-6-15(9-14)13-26-19-11-17(22(23,24)25)12-21-18(19)10-16-7-2-3-8-20(16)27-21/h2-3,7-8,11-12,14-15,26H,4-6,9-10,13H2,1H3/t14-,15-/m1/s1. The van der Waals surface area contributed by atoms with Crippen LogP contribution in [0, 0.1) is 11.8 Å². The molecule has 27 heavy (non-hydrogen) atoms. The summed E-state index contributed by atoms with van der Waals surface area (Å²) < 4.78 is 40.3. The van der Waals surface area contributed by atoms with Crippen LogP contribution in [0.4, 0.5) is 18.9 Å². The monoisotopic (exact) mass is 391 g/mol. The molecule has 1 saturated carbocycles. The zero-order valence-corrected chi connectivity index (χ0v) is 16.2. The number of halogens is 3. The molecule has 0 amide bonds. The molecule has 4 rings (SSSR count). The second-order valence-electron chi connectivity index (χ2n) is 7.90. The molecule has 2 atom stereocenters. The third-order valence-electron chi connectivity index (χ3n) is 5.72. The number of rotatable bonds is 3. The minimum atomic E-state index is -4.33. The first kappa shape index (κ1) is 18.7. The fourth-order valence-corrected chi connectivity index (χ4v) is 5.44. The lowest BCUT2D eigenvalue weighted by atomic mass is 9.82. The van der Waals surface area contributed by atoms with E-state index in [0.717, 1.165) is 34.7 Å². The van der Waals surface area contributed by atoms with Gasteiger partial charge in [-0.05, 0) is 54.0 Å². The molecule has 2 aliphatic rings. The minimum Gasteiger partial charge on any atom is -0.384 e. The number of benzene rings is 2. The fraction of sp³-hybridized carbons (Fsp3) is 0.455. The fourth-order valence-electron chi connectivity index (χ4n) is 4.30. The van der Waals surface area contributed by atoms with E-state index in [9.17, 15) is 13.2 Å². The maximum Gasteiger partial charge on any atom is 0.416 e.